The van der Waals surface area contributed by atoms with Crippen LogP contribution in [0.2, 0.25) is 0 Å². The van der Waals surface area contributed by atoms with Crippen molar-refractivity contribution < 1.29 is 4.74 Å². The topological polar surface area (TPSA) is 63.5 Å². The minimum atomic E-state index is 0.481. The first-order valence-electron chi connectivity index (χ1n) is 11.0. The number of nitrogens with one attached hydrogen (secondary N) is 2. The van der Waals surface area contributed by atoms with Crippen molar-refractivity contribution in [2.45, 2.75) is 64.6 Å². The number of nitrogens with zero attached hydrogens (tertiary/aromatic N) is 3. The van der Waals surface area contributed by atoms with Crippen LogP contribution in [0.4, 0.5) is 0 Å². The summed E-state index contributed by atoms with van der Waals surface area (Å²) in [4.78, 5) is 9.20. The highest BCUT2D eigenvalue weighted by molar-refractivity contribution is 5.79. The van der Waals surface area contributed by atoms with E-state index in [-0.39, 0.29) is 0 Å². The summed E-state index contributed by atoms with van der Waals surface area (Å²) in [5, 5.41) is 6.73. The zero-order chi connectivity index (χ0) is 20.2. The molecule has 0 amide bonds. The van der Waals surface area contributed by atoms with Crippen LogP contribution >= 0.6 is 0 Å². The van der Waals surface area contributed by atoms with Gasteiger partial charge in [-0.05, 0) is 31.7 Å². The standard InChI is InChI=1S/C23H35N5O/c1-2-24-23(26-14-9-17-29-21-12-7-4-8-13-21)27-18-22-25-15-16-28(22)19-20-10-5-3-6-11-20/h3,5-6,10-11,15-16,21H,2,4,7-9,12-14,17-19H2,1H3,(H2,24,26,27). The second-order valence-electron chi connectivity index (χ2n) is 7.56. The number of aromatic nitrogens is 2. The van der Waals surface area contributed by atoms with Gasteiger partial charge in [0.05, 0.1) is 6.10 Å². The van der Waals surface area contributed by atoms with E-state index >= 15 is 0 Å². The highest BCUT2D eigenvalue weighted by Gasteiger charge is 2.13. The van der Waals surface area contributed by atoms with Gasteiger partial charge < -0.3 is 19.9 Å². The maximum atomic E-state index is 6.00. The van der Waals surface area contributed by atoms with Gasteiger partial charge in [0.2, 0.25) is 0 Å². The summed E-state index contributed by atoms with van der Waals surface area (Å²) < 4.78 is 8.16. The summed E-state index contributed by atoms with van der Waals surface area (Å²) in [6, 6.07) is 10.4. The van der Waals surface area contributed by atoms with Gasteiger partial charge in [-0.15, -0.1) is 0 Å². The van der Waals surface area contributed by atoms with Gasteiger partial charge >= 0.3 is 0 Å². The molecule has 1 saturated carbocycles. The van der Waals surface area contributed by atoms with Crippen LogP contribution in [0.3, 0.4) is 0 Å². The first-order chi connectivity index (χ1) is 14.3. The molecule has 0 atom stereocenters. The molecule has 0 radical (unpaired) electrons. The first kappa shape index (κ1) is 21.4. The molecule has 1 aromatic carbocycles. The summed E-state index contributed by atoms with van der Waals surface area (Å²) in [5.74, 6) is 1.80. The quantitative estimate of drug-likeness (QED) is 0.364. The zero-order valence-corrected chi connectivity index (χ0v) is 17.6. The van der Waals surface area contributed by atoms with E-state index in [0.717, 1.165) is 44.4 Å². The molecule has 158 valence electrons. The Labute approximate surface area is 174 Å². The van der Waals surface area contributed by atoms with Crippen molar-refractivity contribution in [1.82, 2.24) is 20.2 Å². The number of ether oxygens (including phenoxy) is 1. The lowest BCUT2D eigenvalue weighted by molar-refractivity contribution is 0.0277. The van der Waals surface area contributed by atoms with Gasteiger partial charge in [0.1, 0.15) is 12.4 Å². The molecule has 0 spiro atoms. The average molecular weight is 398 g/mol. The zero-order valence-electron chi connectivity index (χ0n) is 17.6. The fraction of sp³-hybridized carbons (Fsp3) is 0.565. The first-order valence-corrected chi connectivity index (χ1v) is 11.0. The molecular weight excluding hydrogens is 362 g/mol. The van der Waals surface area contributed by atoms with Gasteiger partial charge in [0.25, 0.3) is 0 Å². The summed E-state index contributed by atoms with van der Waals surface area (Å²) in [6.45, 7) is 5.96. The van der Waals surface area contributed by atoms with Crippen LogP contribution in [-0.2, 0) is 17.8 Å². The van der Waals surface area contributed by atoms with E-state index in [0.29, 0.717) is 12.6 Å². The average Bonchev–Trinajstić information content (AvgIpc) is 3.20. The molecule has 2 N–H and O–H groups in total. The lowest BCUT2D eigenvalue weighted by atomic mass is 9.98. The molecule has 0 bridgehead atoms. The second kappa shape index (κ2) is 12.3. The fourth-order valence-corrected chi connectivity index (χ4v) is 3.67. The van der Waals surface area contributed by atoms with Crippen LogP contribution < -0.4 is 10.6 Å². The Morgan fingerprint density at radius 2 is 2.00 bits per heavy atom. The van der Waals surface area contributed by atoms with E-state index in [1.807, 2.05) is 18.5 Å². The Morgan fingerprint density at radius 1 is 1.17 bits per heavy atom. The molecule has 0 unspecified atom stereocenters. The second-order valence-corrected chi connectivity index (χ2v) is 7.56. The number of rotatable bonds is 10. The van der Waals surface area contributed by atoms with Crippen molar-refractivity contribution >= 4 is 5.96 Å². The summed E-state index contributed by atoms with van der Waals surface area (Å²) in [5.41, 5.74) is 1.26. The summed E-state index contributed by atoms with van der Waals surface area (Å²) in [7, 11) is 0. The predicted octanol–water partition coefficient (Wildman–Crippen LogP) is 3.73. The Balaban J connectivity index is 1.43. The molecule has 3 rings (SSSR count). The molecule has 6 nitrogen and oxygen atoms in total. The van der Waals surface area contributed by atoms with E-state index in [2.05, 4.69) is 51.4 Å². The third kappa shape index (κ3) is 7.54. The minimum absolute atomic E-state index is 0.481. The molecule has 1 aliphatic rings. The highest BCUT2D eigenvalue weighted by Crippen LogP contribution is 2.20. The van der Waals surface area contributed by atoms with Crippen molar-refractivity contribution in [3.05, 3.63) is 54.1 Å². The maximum Gasteiger partial charge on any atom is 0.191 e. The molecule has 1 fully saturated rings. The third-order valence-corrected chi connectivity index (χ3v) is 5.24. The molecule has 0 aliphatic heterocycles. The Hall–Kier alpha value is -2.34. The van der Waals surface area contributed by atoms with E-state index in [9.17, 15) is 0 Å². The SMILES string of the molecule is CCNC(=NCc1nccn1Cc1ccccc1)NCCCOC1CCCCC1. The van der Waals surface area contributed by atoms with Crippen molar-refractivity contribution in [3.63, 3.8) is 0 Å². The van der Waals surface area contributed by atoms with E-state index in [1.54, 1.807) is 0 Å². The number of hydrogen-bond acceptors (Lipinski definition) is 3. The molecular formula is C23H35N5O. The molecule has 1 aliphatic carbocycles. The van der Waals surface area contributed by atoms with Crippen molar-refractivity contribution in [3.8, 4) is 0 Å². The molecule has 0 saturated heterocycles. The highest BCUT2D eigenvalue weighted by atomic mass is 16.5. The Bertz CT molecular complexity index is 722. The molecule has 2 aromatic rings. The number of aliphatic imine (C=N–C) groups is 1. The van der Waals surface area contributed by atoms with Gasteiger partial charge in [0.15, 0.2) is 5.96 Å². The lowest BCUT2D eigenvalue weighted by Gasteiger charge is -2.22. The number of guanidine groups is 1. The van der Waals surface area contributed by atoms with Gasteiger partial charge in [-0.25, -0.2) is 9.98 Å². The van der Waals surface area contributed by atoms with Crippen LogP contribution in [0, 0.1) is 0 Å². The van der Waals surface area contributed by atoms with E-state index in [4.69, 9.17) is 9.73 Å². The van der Waals surface area contributed by atoms with Crippen LogP contribution in [-0.4, -0.2) is 41.3 Å². The van der Waals surface area contributed by atoms with Crippen molar-refractivity contribution in [2.75, 3.05) is 19.7 Å². The normalized spacial score (nSPS) is 15.4. The molecule has 1 aromatic heterocycles. The molecule has 1 heterocycles. The van der Waals surface area contributed by atoms with Crippen LogP contribution in [0.25, 0.3) is 0 Å². The van der Waals surface area contributed by atoms with Gasteiger partial charge in [-0.1, -0.05) is 49.6 Å². The Morgan fingerprint density at radius 3 is 2.79 bits per heavy atom. The van der Waals surface area contributed by atoms with Gasteiger partial charge in [-0.2, -0.15) is 0 Å². The number of imidazole rings is 1. The predicted molar refractivity (Wildman–Crippen MR) is 118 cm³/mol. The van der Waals surface area contributed by atoms with E-state index < -0.39 is 0 Å². The maximum absolute atomic E-state index is 6.00. The number of hydrogen-bond donors (Lipinski definition) is 2. The van der Waals surface area contributed by atoms with Gasteiger partial charge in [0, 0.05) is 38.6 Å². The van der Waals surface area contributed by atoms with Crippen molar-refractivity contribution in [2.24, 2.45) is 4.99 Å². The monoisotopic (exact) mass is 397 g/mol. The minimum Gasteiger partial charge on any atom is -0.378 e. The van der Waals surface area contributed by atoms with E-state index in [1.165, 1.54) is 37.7 Å². The molecule has 6 heteroatoms. The van der Waals surface area contributed by atoms with Crippen molar-refractivity contribution in [1.29, 1.82) is 0 Å². The van der Waals surface area contributed by atoms with Crippen LogP contribution in [0.15, 0.2) is 47.7 Å². The summed E-state index contributed by atoms with van der Waals surface area (Å²) in [6.07, 6.45) is 11.8. The van der Waals surface area contributed by atoms with Gasteiger partial charge in [-0.3, -0.25) is 0 Å². The smallest absolute Gasteiger partial charge is 0.191 e. The summed E-state index contributed by atoms with van der Waals surface area (Å²) >= 11 is 0. The van der Waals surface area contributed by atoms with Crippen LogP contribution in [0.1, 0.15) is 56.8 Å². The Kier molecular flexibility index (Phi) is 9.04. The number of benzene rings is 1. The molecule has 29 heavy (non-hydrogen) atoms. The fourth-order valence-electron chi connectivity index (χ4n) is 3.67. The third-order valence-electron chi connectivity index (χ3n) is 5.24. The lowest BCUT2D eigenvalue weighted by Crippen LogP contribution is -2.38. The largest absolute Gasteiger partial charge is 0.378 e. The van der Waals surface area contributed by atoms with Crippen LogP contribution in [0.5, 0.6) is 0 Å².